The summed E-state index contributed by atoms with van der Waals surface area (Å²) >= 11 is 1.88. The molecule has 1 heterocycles. The Hall–Kier alpha value is -0.740. The second kappa shape index (κ2) is 6.87. The summed E-state index contributed by atoms with van der Waals surface area (Å²) in [5, 5.41) is 0. The van der Waals surface area contributed by atoms with Crippen molar-refractivity contribution in [1.29, 1.82) is 0 Å². The second-order valence-electron chi connectivity index (χ2n) is 4.38. The van der Waals surface area contributed by atoms with Gasteiger partial charge in [0, 0.05) is 31.4 Å². The number of nitrogens with two attached hydrogens (primary N) is 1. The van der Waals surface area contributed by atoms with E-state index in [1.807, 2.05) is 24.0 Å². The molecule has 0 aliphatic heterocycles. The quantitative estimate of drug-likeness (QED) is 0.845. The van der Waals surface area contributed by atoms with Gasteiger partial charge < -0.3 is 10.6 Å². The zero-order valence-electron chi connectivity index (χ0n) is 11.2. The molecule has 1 atom stereocenters. The summed E-state index contributed by atoms with van der Waals surface area (Å²) in [6, 6.07) is 2.51. The lowest BCUT2D eigenvalue weighted by Gasteiger charge is -2.28. The first kappa shape index (κ1) is 14.3. The Morgan fingerprint density at radius 3 is 2.82 bits per heavy atom. The highest BCUT2D eigenvalue weighted by atomic mass is 32.2. The average Bonchev–Trinajstić information content (AvgIpc) is 2.34. The summed E-state index contributed by atoms with van der Waals surface area (Å²) in [6.45, 7) is 4.88. The Labute approximate surface area is 109 Å². The van der Waals surface area contributed by atoms with Crippen LogP contribution in [0.25, 0.3) is 0 Å². The molecule has 0 amide bonds. The van der Waals surface area contributed by atoms with Crippen LogP contribution in [-0.4, -0.2) is 30.1 Å². The minimum absolute atomic E-state index is 0.488. The summed E-state index contributed by atoms with van der Waals surface area (Å²) in [5.41, 5.74) is 8.20. The molecule has 1 aromatic heterocycles. The van der Waals surface area contributed by atoms with Crippen LogP contribution in [0.2, 0.25) is 0 Å². The number of aromatic nitrogens is 1. The molecule has 4 heteroatoms. The molecule has 3 nitrogen and oxygen atoms in total. The maximum Gasteiger partial charge on any atom is 0.133 e. The Balaban J connectivity index is 2.87. The normalized spacial score (nSPS) is 12.5. The van der Waals surface area contributed by atoms with Crippen LogP contribution < -0.4 is 10.6 Å². The number of hydrogen-bond donors (Lipinski definition) is 1. The van der Waals surface area contributed by atoms with E-state index < -0.39 is 0 Å². The largest absolute Gasteiger partial charge is 0.357 e. The number of anilines is 1. The molecule has 0 aliphatic carbocycles. The van der Waals surface area contributed by atoms with E-state index in [1.165, 1.54) is 11.3 Å². The molecule has 0 radical (unpaired) electrons. The number of pyridine rings is 1. The van der Waals surface area contributed by atoms with Gasteiger partial charge in [0.2, 0.25) is 0 Å². The molecular weight excluding hydrogens is 230 g/mol. The van der Waals surface area contributed by atoms with E-state index >= 15 is 0 Å². The first-order valence-corrected chi connectivity index (χ1v) is 7.37. The molecule has 0 aromatic carbocycles. The van der Waals surface area contributed by atoms with Crippen molar-refractivity contribution in [3.05, 3.63) is 23.4 Å². The number of aryl methyl sites for hydroxylation is 1. The van der Waals surface area contributed by atoms with Gasteiger partial charge in [-0.25, -0.2) is 4.98 Å². The van der Waals surface area contributed by atoms with Gasteiger partial charge in [0.15, 0.2) is 0 Å². The Morgan fingerprint density at radius 2 is 2.24 bits per heavy atom. The third-order valence-corrected chi connectivity index (χ3v) is 3.85. The molecule has 0 saturated carbocycles. The molecule has 17 heavy (non-hydrogen) atoms. The SMILES string of the molecule is CSCCC(C)N(C)c1nccc(C)c1CN. The summed E-state index contributed by atoms with van der Waals surface area (Å²) in [7, 11) is 2.10. The molecule has 0 bridgehead atoms. The van der Waals surface area contributed by atoms with E-state index in [4.69, 9.17) is 5.73 Å². The molecule has 0 aliphatic rings. The van der Waals surface area contributed by atoms with Gasteiger partial charge in [-0.1, -0.05) is 0 Å². The van der Waals surface area contributed by atoms with Crippen molar-refractivity contribution in [2.24, 2.45) is 5.73 Å². The van der Waals surface area contributed by atoms with E-state index in [2.05, 4.69) is 37.0 Å². The van der Waals surface area contributed by atoms with Crippen molar-refractivity contribution < 1.29 is 0 Å². The van der Waals surface area contributed by atoms with Crippen molar-refractivity contribution in [1.82, 2.24) is 4.98 Å². The molecule has 0 fully saturated rings. The van der Waals surface area contributed by atoms with Crippen molar-refractivity contribution in [3.8, 4) is 0 Å². The highest BCUT2D eigenvalue weighted by molar-refractivity contribution is 7.98. The molecule has 1 rings (SSSR count). The van der Waals surface area contributed by atoms with Crippen LogP contribution in [-0.2, 0) is 6.54 Å². The fourth-order valence-corrected chi connectivity index (χ4v) is 2.40. The van der Waals surface area contributed by atoms with Crippen molar-refractivity contribution in [2.75, 3.05) is 24.0 Å². The lowest BCUT2D eigenvalue weighted by molar-refractivity contribution is 0.658. The van der Waals surface area contributed by atoms with Crippen LogP contribution in [0.3, 0.4) is 0 Å². The van der Waals surface area contributed by atoms with Crippen LogP contribution >= 0.6 is 11.8 Å². The molecule has 1 unspecified atom stereocenters. The minimum atomic E-state index is 0.488. The smallest absolute Gasteiger partial charge is 0.133 e. The standard InChI is InChI=1S/C13H23N3S/c1-10-5-7-15-13(12(10)9-14)16(3)11(2)6-8-17-4/h5,7,11H,6,8-9,14H2,1-4H3. The van der Waals surface area contributed by atoms with Gasteiger partial charge in [0.05, 0.1) is 0 Å². The summed E-state index contributed by atoms with van der Waals surface area (Å²) in [5.74, 6) is 2.20. The molecule has 0 saturated heterocycles. The zero-order chi connectivity index (χ0) is 12.8. The summed E-state index contributed by atoms with van der Waals surface area (Å²) < 4.78 is 0. The maximum atomic E-state index is 5.82. The van der Waals surface area contributed by atoms with Crippen LogP contribution in [0.5, 0.6) is 0 Å². The monoisotopic (exact) mass is 253 g/mol. The fourth-order valence-electron chi connectivity index (χ4n) is 1.82. The van der Waals surface area contributed by atoms with Crippen LogP contribution in [0, 0.1) is 6.92 Å². The van der Waals surface area contributed by atoms with Crippen molar-refractivity contribution >= 4 is 17.6 Å². The molecule has 96 valence electrons. The summed E-state index contributed by atoms with van der Waals surface area (Å²) in [4.78, 5) is 6.72. The van der Waals surface area contributed by atoms with Crippen LogP contribution in [0.1, 0.15) is 24.5 Å². The van der Waals surface area contributed by atoms with Gasteiger partial charge in [-0.3, -0.25) is 0 Å². The molecule has 0 spiro atoms. The van der Waals surface area contributed by atoms with E-state index in [9.17, 15) is 0 Å². The van der Waals surface area contributed by atoms with Crippen molar-refractivity contribution in [3.63, 3.8) is 0 Å². The van der Waals surface area contributed by atoms with E-state index in [0.717, 1.165) is 17.8 Å². The highest BCUT2D eigenvalue weighted by Gasteiger charge is 2.15. The lowest BCUT2D eigenvalue weighted by Crippen LogP contribution is -2.31. The number of rotatable bonds is 6. The van der Waals surface area contributed by atoms with Gasteiger partial charge >= 0.3 is 0 Å². The van der Waals surface area contributed by atoms with E-state index in [0.29, 0.717) is 12.6 Å². The van der Waals surface area contributed by atoms with Crippen LogP contribution in [0.15, 0.2) is 12.3 Å². The lowest BCUT2D eigenvalue weighted by atomic mass is 10.1. The predicted octanol–water partition coefficient (Wildman–Crippen LogP) is 2.43. The average molecular weight is 253 g/mol. The second-order valence-corrected chi connectivity index (χ2v) is 5.36. The molecular formula is C13H23N3S. The Kier molecular flexibility index (Phi) is 5.78. The van der Waals surface area contributed by atoms with Gasteiger partial charge in [-0.15, -0.1) is 0 Å². The van der Waals surface area contributed by atoms with Gasteiger partial charge in [0.1, 0.15) is 5.82 Å². The number of thioether (sulfide) groups is 1. The number of nitrogens with zero attached hydrogens (tertiary/aromatic N) is 2. The Morgan fingerprint density at radius 1 is 1.53 bits per heavy atom. The maximum absolute atomic E-state index is 5.82. The number of hydrogen-bond acceptors (Lipinski definition) is 4. The third kappa shape index (κ3) is 3.61. The zero-order valence-corrected chi connectivity index (χ0v) is 12.0. The predicted molar refractivity (Wildman–Crippen MR) is 77.7 cm³/mol. The van der Waals surface area contributed by atoms with E-state index in [1.54, 1.807) is 0 Å². The van der Waals surface area contributed by atoms with Gasteiger partial charge in [-0.2, -0.15) is 11.8 Å². The summed E-state index contributed by atoms with van der Waals surface area (Å²) in [6.07, 6.45) is 5.17. The molecule has 2 N–H and O–H groups in total. The van der Waals surface area contributed by atoms with E-state index in [-0.39, 0.29) is 0 Å². The highest BCUT2D eigenvalue weighted by Crippen LogP contribution is 2.22. The fraction of sp³-hybridized carbons (Fsp3) is 0.615. The first-order valence-electron chi connectivity index (χ1n) is 5.98. The van der Waals surface area contributed by atoms with Gasteiger partial charge in [0.25, 0.3) is 0 Å². The van der Waals surface area contributed by atoms with Crippen molar-refractivity contribution in [2.45, 2.75) is 32.9 Å². The topological polar surface area (TPSA) is 42.2 Å². The van der Waals surface area contributed by atoms with Crippen LogP contribution in [0.4, 0.5) is 5.82 Å². The molecule has 1 aromatic rings. The third-order valence-electron chi connectivity index (χ3n) is 3.21. The minimum Gasteiger partial charge on any atom is -0.357 e. The van der Waals surface area contributed by atoms with Gasteiger partial charge in [-0.05, 0) is 43.9 Å². The first-order chi connectivity index (χ1) is 8.11. The Bertz CT molecular complexity index is 355.